The smallest absolute Gasteiger partial charge is 0.343 e. The number of aromatic nitrogens is 2. The Morgan fingerprint density at radius 2 is 1.59 bits per heavy atom. The highest BCUT2D eigenvalue weighted by Crippen LogP contribution is 2.33. The predicted octanol–water partition coefficient (Wildman–Crippen LogP) is 4.96. The minimum atomic E-state index is -4.53. The number of hydrogen-bond acceptors (Lipinski definition) is 3. The minimum absolute atomic E-state index is 0.0173. The topological polar surface area (TPSA) is 55.2 Å². The van der Waals surface area contributed by atoms with Crippen LogP contribution in [0, 0.1) is 5.92 Å². The number of Topliss-reactive ketones (excluding diaryl/α,β-unsaturated/α-hetero) is 1. The molecule has 3 aromatic rings. The summed E-state index contributed by atoms with van der Waals surface area (Å²) in [4.78, 5) is 30.3. The first-order valence-electron chi connectivity index (χ1n) is 10.7. The van der Waals surface area contributed by atoms with Crippen LogP contribution in [0.2, 0.25) is 0 Å². The van der Waals surface area contributed by atoms with E-state index < -0.39 is 12.0 Å². The van der Waals surface area contributed by atoms with Gasteiger partial charge in [0.1, 0.15) is 0 Å². The molecule has 1 fully saturated rings. The van der Waals surface area contributed by atoms with E-state index in [-0.39, 0.29) is 37.0 Å². The summed E-state index contributed by atoms with van der Waals surface area (Å²) in [6.07, 6.45) is -3.01. The largest absolute Gasteiger partial charge is 0.449 e. The van der Waals surface area contributed by atoms with Crippen LogP contribution in [0.25, 0.3) is 11.0 Å². The molecule has 0 atom stereocenters. The molecular weight excluding hydrogens is 419 g/mol. The van der Waals surface area contributed by atoms with Gasteiger partial charge in [0.05, 0.1) is 11.0 Å². The Hall–Kier alpha value is -3.16. The van der Waals surface area contributed by atoms with Gasteiger partial charge in [0.25, 0.3) is 0 Å². The lowest BCUT2D eigenvalue weighted by molar-refractivity contribution is -0.147. The van der Waals surface area contributed by atoms with E-state index in [2.05, 4.69) is 4.98 Å². The molecule has 2 heterocycles. The molecule has 0 N–H and O–H groups in total. The molecule has 32 heavy (non-hydrogen) atoms. The number of para-hydroxylation sites is 2. The summed E-state index contributed by atoms with van der Waals surface area (Å²) < 4.78 is 41.8. The summed E-state index contributed by atoms with van der Waals surface area (Å²) in [7, 11) is 0. The zero-order chi connectivity index (χ0) is 22.7. The molecule has 1 amide bonds. The molecular formula is C24H24F3N3O2. The number of halogens is 3. The van der Waals surface area contributed by atoms with Crippen molar-refractivity contribution in [3.63, 3.8) is 0 Å². The standard InChI is InChI=1S/C24H24F3N3O2/c25-24(26,27)23-28-19-8-4-5-9-20(19)30(23)16-17-12-14-29(15-13-17)22(32)11-10-21(31)18-6-2-1-3-7-18/h1-9,17H,10-16H2. The second kappa shape index (κ2) is 9.14. The number of piperidine rings is 1. The van der Waals surface area contributed by atoms with Crippen molar-refractivity contribution in [3.8, 4) is 0 Å². The number of nitrogens with zero attached hydrogens (tertiary/aromatic N) is 3. The number of ketones is 1. The monoisotopic (exact) mass is 443 g/mol. The summed E-state index contributed by atoms with van der Waals surface area (Å²) in [5.41, 5.74) is 1.39. The van der Waals surface area contributed by atoms with Gasteiger partial charge in [0.15, 0.2) is 5.78 Å². The molecule has 4 rings (SSSR count). The van der Waals surface area contributed by atoms with Crippen LogP contribution >= 0.6 is 0 Å². The Labute approximate surface area is 183 Å². The molecule has 2 aromatic carbocycles. The fourth-order valence-corrected chi connectivity index (χ4v) is 4.25. The highest BCUT2D eigenvalue weighted by Gasteiger charge is 2.38. The fourth-order valence-electron chi connectivity index (χ4n) is 4.25. The second-order valence-corrected chi connectivity index (χ2v) is 8.15. The van der Waals surface area contributed by atoms with Crippen LogP contribution in [0.15, 0.2) is 54.6 Å². The van der Waals surface area contributed by atoms with Crippen LogP contribution in [-0.2, 0) is 17.5 Å². The van der Waals surface area contributed by atoms with Crippen LogP contribution in [-0.4, -0.2) is 39.2 Å². The van der Waals surface area contributed by atoms with Gasteiger partial charge in [-0.25, -0.2) is 4.98 Å². The maximum Gasteiger partial charge on any atom is 0.449 e. The van der Waals surface area contributed by atoms with Gasteiger partial charge < -0.3 is 9.47 Å². The van der Waals surface area contributed by atoms with Crippen molar-refractivity contribution >= 4 is 22.7 Å². The van der Waals surface area contributed by atoms with E-state index in [4.69, 9.17) is 0 Å². The van der Waals surface area contributed by atoms with Crippen LogP contribution in [0.1, 0.15) is 41.9 Å². The first-order valence-corrected chi connectivity index (χ1v) is 10.7. The van der Waals surface area contributed by atoms with Crippen molar-refractivity contribution in [2.75, 3.05) is 13.1 Å². The summed E-state index contributed by atoms with van der Waals surface area (Å²) in [5, 5.41) is 0. The quantitative estimate of drug-likeness (QED) is 0.506. The lowest BCUT2D eigenvalue weighted by Crippen LogP contribution is -2.39. The van der Waals surface area contributed by atoms with Gasteiger partial charge in [-0.05, 0) is 30.9 Å². The van der Waals surface area contributed by atoms with E-state index >= 15 is 0 Å². The Morgan fingerprint density at radius 1 is 0.938 bits per heavy atom. The van der Waals surface area contributed by atoms with E-state index in [9.17, 15) is 22.8 Å². The van der Waals surface area contributed by atoms with Crippen molar-refractivity contribution in [2.24, 2.45) is 5.92 Å². The van der Waals surface area contributed by atoms with E-state index in [1.165, 1.54) is 4.57 Å². The maximum absolute atomic E-state index is 13.5. The molecule has 5 nitrogen and oxygen atoms in total. The van der Waals surface area contributed by atoms with Gasteiger partial charge in [-0.3, -0.25) is 9.59 Å². The third kappa shape index (κ3) is 4.84. The van der Waals surface area contributed by atoms with E-state index in [1.807, 2.05) is 6.07 Å². The number of hydrogen-bond donors (Lipinski definition) is 0. The van der Waals surface area contributed by atoms with Crippen molar-refractivity contribution in [1.29, 1.82) is 0 Å². The second-order valence-electron chi connectivity index (χ2n) is 8.15. The van der Waals surface area contributed by atoms with Crippen molar-refractivity contribution < 1.29 is 22.8 Å². The average Bonchev–Trinajstić information content (AvgIpc) is 3.17. The first kappa shape index (κ1) is 22.0. The zero-order valence-electron chi connectivity index (χ0n) is 17.5. The molecule has 1 aliphatic rings. The zero-order valence-corrected chi connectivity index (χ0v) is 17.5. The molecule has 0 spiro atoms. The molecule has 0 radical (unpaired) electrons. The van der Waals surface area contributed by atoms with E-state index in [0.29, 0.717) is 42.5 Å². The number of benzene rings is 2. The van der Waals surface area contributed by atoms with Crippen molar-refractivity contribution in [1.82, 2.24) is 14.5 Å². The van der Waals surface area contributed by atoms with Crippen LogP contribution in [0.5, 0.6) is 0 Å². The summed E-state index contributed by atoms with van der Waals surface area (Å²) in [5.74, 6) is -1.02. The predicted molar refractivity (Wildman–Crippen MR) is 114 cm³/mol. The van der Waals surface area contributed by atoms with Crippen molar-refractivity contribution in [2.45, 2.75) is 38.4 Å². The molecule has 0 aliphatic carbocycles. The van der Waals surface area contributed by atoms with Gasteiger partial charge in [0, 0.05) is 38.0 Å². The fraction of sp³-hybridized carbons (Fsp3) is 0.375. The Kier molecular flexibility index (Phi) is 6.30. The SMILES string of the molecule is O=C(CCC(=O)N1CCC(Cn2c(C(F)(F)F)nc3ccccc32)CC1)c1ccccc1. The highest BCUT2D eigenvalue weighted by molar-refractivity contribution is 5.97. The van der Waals surface area contributed by atoms with Gasteiger partial charge in [-0.15, -0.1) is 0 Å². The number of amides is 1. The number of likely N-dealkylation sites (tertiary alicyclic amines) is 1. The summed E-state index contributed by atoms with van der Waals surface area (Å²) in [6.45, 7) is 1.18. The number of carbonyl (C=O) groups excluding carboxylic acids is 2. The number of carbonyl (C=O) groups is 2. The van der Waals surface area contributed by atoms with Gasteiger partial charge in [-0.2, -0.15) is 13.2 Å². The third-order valence-electron chi connectivity index (χ3n) is 5.98. The maximum atomic E-state index is 13.5. The first-order chi connectivity index (χ1) is 15.3. The molecule has 168 valence electrons. The number of fused-ring (bicyclic) bond motifs is 1. The molecule has 0 saturated carbocycles. The average molecular weight is 443 g/mol. The lowest BCUT2D eigenvalue weighted by Gasteiger charge is -2.32. The molecule has 1 saturated heterocycles. The van der Waals surface area contributed by atoms with Crippen LogP contribution in [0.3, 0.4) is 0 Å². The Morgan fingerprint density at radius 3 is 2.28 bits per heavy atom. The number of rotatable bonds is 6. The van der Waals surface area contributed by atoms with Crippen molar-refractivity contribution in [3.05, 3.63) is 66.0 Å². The number of alkyl halides is 3. The summed E-state index contributed by atoms with van der Waals surface area (Å²) in [6, 6.07) is 15.5. The normalized spacial score (nSPS) is 15.3. The Bertz CT molecular complexity index is 1100. The van der Waals surface area contributed by atoms with Gasteiger partial charge >= 0.3 is 6.18 Å². The lowest BCUT2D eigenvalue weighted by atomic mass is 9.96. The molecule has 0 unspecified atom stereocenters. The van der Waals surface area contributed by atoms with E-state index in [1.54, 1.807) is 53.4 Å². The van der Waals surface area contributed by atoms with Gasteiger partial charge in [0.2, 0.25) is 11.7 Å². The molecule has 1 aromatic heterocycles. The van der Waals surface area contributed by atoms with Crippen LogP contribution < -0.4 is 0 Å². The minimum Gasteiger partial charge on any atom is -0.343 e. The molecule has 0 bridgehead atoms. The van der Waals surface area contributed by atoms with E-state index in [0.717, 1.165) is 0 Å². The molecule has 1 aliphatic heterocycles. The Balaban J connectivity index is 1.34. The summed E-state index contributed by atoms with van der Waals surface area (Å²) >= 11 is 0. The molecule has 8 heteroatoms. The number of imidazole rings is 1. The third-order valence-corrected chi connectivity index (χ3v) is 5.98. The highest BCUT2D eigenvalue weighted by atomic mass is 19.4. The van der Waals surface area contributed by atoms with Crippen LogP contribution in [0.4, 0.5) is 13.2 Å². The van der Waals surface area contributed by atoms with Gasteiger partial charge in [-0.1, -0.05) is 42.5 Å².